The van der Waals surface area contributed by atoms with Crippen molar-refractivity contribution in [2.45, 2.75) is 85.1 Å². The Morgan fingerprint density at radius 3 is 1.67 bits per heavy atom. The van der Waals surface area contributed by atoms with E-state index >= 15 is 0 Å². The zero-order valence-corrected chi connectivity index (χ0v) is 24.0. The lowest BCUT2D eigenvalue weighted by molar-refractivity contribution is -0.302. The van der Waals surface area contributed by atoms with E-state index in [2.05, 4.69) is 0 Å². The topological polar surface area (TPSA) is 256 Å². The van der Waals surface area contributed by atoms with Gasteiger partial charge in [0.25, 0.3) is 0 Å². The van der Waals surface area contributed by atoms with Crippen LogP contribution in [-0.2, 0) is 28.7 Å². The van der Waals surface area contributed by atoms with Gasteiger partial charge in [-0.1, -0.05) is 27.7 Å². The van der Waals surface area contributed by atoms with Crippen LogP contribution in [0.3, 0.4) is 0 Å². The Morgan fingerprint density at radius 2 is 1.46 bits per heavy atom. The van der Waals surface area contributed by atoms with Gasteiger partial charge >= 0.3 is 0 Å². The second kappa shape index (κ2) is 29.0. The molecular formula is C25H50O14. The summed E-state index contributed by atoms with van der Waals surface area (Å²) in [6, 6.07) is 0. The van der Waals surface area contributed by atoms with Crippen LogP contribution in [0.2, 0.25) is 0 Å². The second-order valence-electron chi connectivity index (χ2n) is 8.72. The summed E-state index contributed by atoms with van der Waals surface area (Å²) in [4.78, 5) is 46.8. The quantitative estimate of drug-likeness (QED) is 0.143. The number of Topliss-reactive ketones (excluding diaryl/α,β-unsaturated/α-hetero) is 2. The van der Waals surface area contributed by atoms with Crippen molar-refractivity contribution in [2.75, 3.05) is 26.4 Å². The summed E-state index contributed by atoms with van der Waals surface area (Å²) in [7, 11) is 0. The first kappa shape index (κ1) is 46.8. The standard InChI is InChI=1S/2C7H14O4.C4H8O2.C3H6O2.C3H6O.CH2O/c1-4-3-11-7(2,10)6(9)5(4)8;1-4(3-8)6(10)7(11)5(2)9;1-4(2-5)3-6;1-3(5)2-4;1-2-3-4;1-2/h4-6,8-10H,3H2,1-2H3;4,6-8,10-11H,3H2,1-2H3;2,4,6H,3H2,1H3;4H,2H2,1H3;3H,2H2,1H3;1H2/t4-,5+,6-,7+;4-,6+,7+;4-;;;/m001.../s1. The third-order valence-corrected chi connectivity index (χ3v) is 4.61. The Bertz CT molecular complexity index is 614. The van der Waals surface area contributed by atoms with Crippen molar-refractivity contribution in [1.29, 1.82) is 0 Å². The van der Waals surface area contributed by atoms with Crippen LogP contribution in [0.1, 0.15) is 54.9 Å². The number of aldehydes is 2. The molecule has 1 saturated heterocycles. The molecule has 0 aliphatic carbocycles. The van der Waals surface area contributed by atoms with E-state index in [-0.39, 0.29) is 44.0 Å². The zero-order chi connectivity index (χ0) is 32.4. The predicted octanol–water partition coefficient (Wildman–Crippen LogP) is -2.20. The van der Waals surface area contributed by atoms with Gasteiger partial charge in [0.15, 0.2) is 17.4 Å². The summed E-state index contributed by atoms with van der Waals surface area (Å²) in [6.45, 7) is 12.3. The maximum absolute atomic E-state index is 10.5. The highest BCUT2D eigenvalue weighted by atomic mass is 16.6. The Balaban J connectivity index is -0.000000128. The molecule has 234 valence electrons. The lowest BCUT2D eigenvalue weighted by Gasteiger charge is -2.40. The number of ketones is 2. The van der Waals surface area contributed by atoms with Crippen LogP contribution in [-0.4, -0.2) is 128 Å². The number of carbonyl (C=O) groups excluding carboxylic acids is 5. The highest BCUT2D eigenvalue weighted by molar-refractivity contribution is 5.80. The van der Waals surface area contributed by atoms with Crippen LogP contribution < -0.4 is 0 Å². The van der Waals surface area contributed by atoms with Crippen LogP contribution in [0.4, 0.5) is 0 Å². The van der Waals surface area contributed by atoms with Crippen LogP contribution in [0.15, 0.2) is 0 Å². The molecule has 8 atom stereocenters. The van der Waals surface area contributed by atoms with Crippen LogP contribution in [0, 0.1) is 17.8 Å². The Hall–Kier alpha value is -2.01. The van der Waals surface area contributed by atoms with E-state index in [0.717, 1.165) is 12.6 Å². The first-order chi connectivity index (χ1) is 17.9. The van der Waals surface area contributed by atoms with E-state index in [1.165, 1.54) is 20.8 Å². The normalized spacial score (nSPS) is 24.0. The van der Waals surface area contributed by atoms with E-state index in [4.69, 9.17) is 35.1 Å². The maximum atomic E-state index is 10.5. The van der Waals surface area contributed by atoms with Gasteiger partial charge in [0.1, 0.15) is 38.2 Å². The molecule has 0 aromatic rings. The summed E-state index contributed by atoms with van der Waals surface area (Å²) in [6.07, 6.45) is -2.43. The van der Waals surface area contributed by atoms with Gasteiger partial charge in [-0.3, -0.25) is 9.59 Å². The molecule has 0 amide bonds. The van der Waals surface area contributed by atoms with Gasteiger partial charge in [-0.25, -0.2) is 0 Å². The molecule has 0 spiro atoms. The Labute approximate surface area is 230 Å². The first-order valence-corrected chi connectivity index (χ1v) is 12.0. The average molecular weight is 575 g/mol. The average Bonchev–Trinajstić information content (AvgIpc) is 2.94. The minimum absolute atomic E-state index is 0.0382. The van der Waals surface area contributed by atoms with Gasteiger partial charge in [-0.2, -0.15) is 0 Å². The fourth-order valence-corrected chi connectivity index (χ4v) is 1.81. The molecule has 8 N–H and O–H groups in total. The van der Waals surface area contributed by atoms with Crippen molar-refractivity contribution in [3.63, 3.8) is 0 Å². The number of ether oxygens (including phenoxy) is 1. The highest BCUT2D eigenvalue weighted by Gasteiger charge is 2.43. The molecule has 0 aromatic carbocycles. The van der Waals surface area contributed by atoms with Crippen LogP contribution >= 0.6 is 0 Å². The molecule has 14 heteroatoms. The summed E-state index contributed by atoms with van der Waals surface area (Å²) in [5.74, 6) is -3.08. The summed E-state index contributed by atoms with van der Waals surface area (Å²) >= 11 is 0. The van der Waals surface area contributed by atoms with Gasteiger partial charge in [0.2, 0.25) is 0 Å². The van der Waals surface area contributed by atoms with Gasteiger partial charge < -0.3 is 60.0 Å². The van der Waals surface area contributed by atoms with E-state index < -0.39 is 41.9 Å². The zero-order valence-electron chi connectivity index (χ0n) is 24.0. The largest absolute Gasteiger partial charge is 0.396 e. The second-order valence-corrected chi connectivity index (χ2v) is 8.72. The van der Waals surface area contributed by atoms with Gasteiger partial charge in [-0.05, 0) is 20.8 Å². The molecule has 1 aliphatic rings. The summed E-state index contributed by atoms with van der Waals surface area (Å²) in [5, 5.41) is 70.4. The molecule has 39 heavy (non-hydrogen) atoms. The molecule has 0 saturated carbocycles. The summed E-state index contributed by atoms with van der Waals surface area (Å²) < 4.78 is 4.91. The van der Waals surface area contributed by atoms with Crippen molar-refractivity contribution in [1.82, 2.24) is 0 Å². The molecule has 0 radical (unpaired) electrons. The van der Waals surface area contributed by atoms with Crippen molar-refractivity contribution in [2.24, 2.45) is 17.8 Å². The first-order valence-electron chi connectivity index (χ1n) is 12.0. The molecule has 1 rings (SSSR count). The van der Waals surface area contributed by atoms with Crippen molar-refractivity contribution in [3.05, 3.63) is 0 Å². The Morgan fingerprint density at radius 1 is 1.05 bits per heavy atom. The number of rotatable bonds is 8. The third kappa shape index (κ3) is 27.4. The molecule has 14 nitrogen and oxygen atoms in total. The lowest BCUT2D eigenvalue weighted by atomic mass is 9.92. The molecule has 1 heterocycles. The highest BCUT2D eigenvalue weighted by Crippen LogP contribution is 2.26. The molecular weight excluding hydrogens is 524 g/mol. The van der Waals surface area contributed by atoms with Gasteiger partial charge in [0, 0.05) is 30.8 Å². The van der Waals surface area contributed by atoms with E-state index in [1.54, 1.807) is 20.8 Å². The van der Waals surface area contributed by atoms with Crippen LogP contribution in [0.25, 0.3) is 0 Å². The molecule has 0 unspecified atom stereocenters. The number of carbonyl (C=O) groups is 5. The Kier molecular flexibility index (Phi) is 34.8. The fraction of sp³-hybridized carbons (Fsp3) is 0.800. The number of hydrogen-bond donors (Lipinski definition) is 8. The predicted molar refractivity (Wildman–Crippen MR) is 140 cm³/mol. The van der Waals surface area contributed by atoms with E-state index in [1.807, 2.05) is 13.7 Å². The SMILES string of the molecule is C=O.CC(=O)CO.CC(=O)[C@@H](O)[C@H](O)[C@@H](C)CO.CCC=O.C[C@H](C=O)CO.C[C@H]1CO[C@@](C)(O)[C@@H](O)[C@@H]1O. The number of hydrogen-bond acceptors (Lipinski definition) is 14. The van der Waals surface area contributed by atoms with Gasteiger partial charge in [-0.15, -0.1) is 0 Å². The van der Waals surface area contributed by atoms with Crippen molar-refractivity contribution in [3.8, 4) is 0 Å². The van der Waals surface area contributed by atoms with Crippen molar-refractivity contribution >= 4 is 30.9 Å². The number of aliphatic hydroxyl groups excluding tert-OH is 7. The fourth-order valence-electron chi connectivity index (χ4n) is 1.81. The van der Waals surface area contributed by atoms with E-state index in [9.17, 15) is 34.5 Å². The molecule has 0 bridgehead atoms. The molecule has 1 fully saturated rings. The van der Waals surface area contributed by atoms with Gasteiger partial charge in [0.05, 0.1) is 25.4 Å². The summed E-state index contributed by atoms with van der Waals surface area (Å²) in [5.41, 5.74) is 0. The maximum Gasteiger partial charge on any atom is 0.191 e. The lowest BCUT2D eigenvalue weighted by Crippen LogP contribution is -2.56. The minimum atomic E-state index is -1.61. The monoisotopic (exact) mass is 574 g/mol. The smallest absolute Gasteiger partial charge is 0.191 e. The number of aliphatic hydroxyl groups is 8. The van der Waals surface area contributed by atoms with Crippen LogP contribution in [0.5, 0.6) is 0 Å². The molecule has 0 aromatic heterocycles. The third-order valence-electron chi connectivity index (χ3n) is 4.61. The van der Waals surface area contributed by atoms with Crippen molar-refractivity contribution < 1.29 is 69.6 Å². The van der Waals surface area contributed by atoms with E-state index in [0.29, 0.717) is 6.42 Å². The molecule has 1 aliphatic heterocycles. The minimum Gasteiger partial charge on any atom is -0.396 e.